The van der Waals surface area contributed by atoms with Gasteiger partial charge in [0.05, 0.1) is 6.04 Å². The van der Waals surface area contributed by atoms with Crippen molar-refractivity contribution in [1.29, 1.82) is 0 Å². The van der Waals surface area contributed by atoms with Gasteiger partial charge in [0.25, 0.3) is 0 Å². The average molecular weight is 484 g/mol. The number of carboxylic acids is 1. The van der Waals surface area contributed by atoms with Crippen LogP contribution in [0.5, 0.6) is 0 Å². The maximum Gasteiger partial charge on any atom is 0.326 e. The molecule has 11 nitrogen and oxygen atoms in total. The summed E-state index contributed by atoms with van der Waals surface area (Å²) in [5.74, 6) is -3.77. The third-order valence-electron chi connectivity index (χ3n) is 6.07. The summed E-state index contributed by atoms with van der Waals surface area (Å²) in [5, 5.41) is 17.3. The molecule has 0 unspecified atom stereocenters. The number of nitrogens with one attached hydrogen (secondary N) is 3. The fourth-order valence-corrected chi connectivity index (χ4v) is 3.71. The van der Waals surface area contributed by atoms with E-state index in [2.05, 4.69) is 16.0 Å². The molecular weight excluding hydrogens is 442 g/mol. The van der Waals surface area contributed by atoms with Crippen molar-refractivity contribution in [2.45, 2.75) is 91.5 Å². The summed E-state index contributed by atoms with van der Waals surface area (Å²) in [5.41, 5.74) is 5.87. The molecule has 34 heavy (non-hydrogen) atoms. The van der Waals surface area contributed by atoms with Crippen LogP contribution < -0.4 is 21.7 Å². The average Bonchev–Trinajstić information content (AvgIpc) is 3.23. The number of carboxylic acid groups (broad SMARTS) is 1. The second-order valence-corrected chi connectivity index (χ2v) is 9.99. The summed E-state index contributed by atoms with van der Waals surface area (Å²) < 4.78 is 0. The van der Waals surface area contributed by atoms with Crippen LogP contribution in [0.25, 0.3) is 0 Å². The van der Waals surface area contributed by atoms with Gasteiger partial charge in [0.2, 0.25) is 23.6 Å². The van der Waals surface area contributed by atoms with Crippen LogP contribution in [0, 0.1) is 17.8 Å². The number of amides is 4. The number of hydrogen-bond donors (Lipinski definition) is 5. The zero-order valence-corrected chi connectivity index (χ0v) is 21.3. The van der Waals surface area contributed by atoms with E-state index in [-0.39, 0.29) is 17.8 Å². The molecule has 5 atom stereocenters. The molecule has 6 N–H and O–H groups in total. The van der Waals surface area contributed by atoms with Crippen LogP contribution in [0.4, 0.5) is 0 Å². The molecule has 0 saturated carbocycles. The number of likely N-dealkylation sites (tertiary alicyclic amines) is 1. The molecule has 1 heterocycles. The van der Waals surface area contributed by atoms with Gasteiger partial charge in [0.15, 0.2) is 0 Å². The maximum absolute atomic E-state index is 13.0. The van der Waals surface area contributed by atoms with Crippen molar-refractivity contribution in [3.63, 3.8) is 0 Å². The molecule has 1 aliphatic rings. The highest BCUT2D eigenvalue weighted by Gasteiger charge is 2.39. The summed E-state index contributed by atoms with van der Waals surface area (Å²) in [6, 6.07) is -4.50. The highest BCUT2D eigenvalue weighted by Crippen LogP contribution is 2.20. The molecule has 1 fully saturated rings. The van der Waals surface area contributed by atoms with Gasteiger partial charge in [0, 0.05) is 6.54 Å². The first-order chi connectivity index (χ1) is 15.7. The molecule has 1 saturated heterocycles. The van der Waals surface area contributed by atoms with E-state index in [9.17, 15) is 29.1 Å². The predicted octanol–water partition coefficient (Wildman–Crippen LogP) is -0.168. The molecule has 0 aromatic carbocycles. The lowest BCUT2D eigenvalue weighted by atomic mass is 10.00. The Kier molecular flexibility index (Phi) is 10.9. The fraction of sp³-hybridized carbons (Fsp3) is 0.783. The Morgan fingerprint density at radius 1 is 0.794 bits per heavy atom. The van der Waals surface area contributed by atoms with Crippen molar-refractivity contribution in [3.05, 3.63) is 0 Å². The first-order valence-corrected chi connectivity index (χ1v) is 11.9. The molecule has 0 aliphatic carbocycles. The van der Waals surface area contributed by atoms with Crippen molar-refractivity contribution in [2.75, 3.05) is 6.54 Å². The van der Waals surface area contributed by atoms with Crippen LogP contribution in [0.1, 0.15) is 61.3 Å². The summed E-state index contributed by atoms with van der Waals surface area (Å²) in [4.78, 5) is 63.8. The number of nitrogens with zero attached hydrogens (tertiary/aromatic N) is 1. The number of carbonyl (C=O) groups is 5. The van der Waals surface area contributed by atoms with Crippen molar-refractivity contribution >= 4 is 29.6 Å². The Morgan fingerprint density at radius 3 is 1.79 bits per heavy atom. The monoisotopic (exact) mass is 483 g/mol. The molecule has 0 aromatic rings. The van der Waals surface area contributed by atoms with Gasteiger partial charge in [-0.1, -0.05) is 41.5 Å². The van der Waals surface area contributed by atoms with Gasteiger partial charge in [0.1, 0.15) is 24.2 Å². The van der Waals surface area contributed by atoms with E-state index in [0.29, 0.717) is 19.4 Å². The number of nitrogens with two attached hydrogens (primary N) is 1. The van der Waals surface area contributed by atoms with E-state index in [1.807, 2.05) is 0 Å². The summed E-state index contributed by atoms with van der Waals surface area (Å²) in [7, 11) is 0. The van der Waals surface area contributed by atoms with Gasteiger partial charge < -0.3 is 31.7 Å². The Labute approximate surface area is 201 Å². The van der Waals surface area contributed by atoms with Crippen LogP contribution in [0.3, 0.4) is 0 Å². The largest absolute Gasteiger partial charge is 0.480 e. The molecule has 194 valence electrons. The zero-order chi connectivity index (χ0) is 26.3. The molecule has 1 rings (SSSR count). The molecule has 0 radical (unpaired) electrons. The quantitative estimate of drug-likeness (QED) is 0.271. The number of carbonyl (C=O) groups excluding carboxylic acids is 4. The van der Waals surface area contributed by atoms with Gasteiger partial charge >= 0.3 is 5.97 Å². The fourth-order valence-electron chi connectivity index (χ4n) is 3.71. The van der Waals surface area contributed by atoms with Crippen LogP contribution in [-0.4, -0.2) is 76.4 Å². The van der Waals surface area contributed by atoms with E-state index in [1.54, 1.807) is 41.5 Å². The predicted molar refractivity (Wildman–Crippen MR) is 126 cm³/mol. The molecule has 11 heteroatoms. The molecular formula is C23H41N5O6. The second-order valence-electron chi connectivity index (χ2n) is 9.99. The number of aliphatic carboxylic acids is 1. The van der Waals surface area contributed by atoms with Crippen molar-refractivity contribution in [2.24, 2.45) is 23.5 Å². The van der Waals surface area contributed by atoms with Gasteiger partial charge in [-0.25, -0.2) is 4.79 Å². The van der Waals surface area contributed by atoms with Crippen molar-refractivity contribution in [1.82, 2.24) is 20.9 Å². The maximum atomic E-state index is 13.0. The Morgan fingerprint density at radius 2 is 1.32 bits per heavy atom. The Bertz CT molecular complexity index is 769. The lowest BCUT2D eigenvalue weighted by Crippen LogP contribution is -2.59. The van der Waals surface area contributed by atoms with Gasteiger partial charge in [-0.05, 0) is 37.5 Å². The van der Waals surface area contributed by atoms with Crippen molar-refractivity contribution < 1.29 is 29.1 Å². The first-order valence-electron chi connectivity index (χ1n) is 11.9. The van der Waals surface area contributed by atoms with Crippen LogP contribution in [-0.2, 0) is 24.0 Å². The molecule has 4 amide bonds. The van der Waals surface area contributed by atoms with Crippen LogP contribution in [0.2, 0.25) is 0 Å². The molecule has 0 aromatic heterocycles. The SMILES string of the molecule is CC(C)[C@H](N)C(=O)N[C@H](C(=O)N[C@@H](C)C(=O)N[C@H](C(=O)N1CCC[C@H]1C(=O)O)C(C)C)C(C)C. The molecule has 1 aliphatic heterocycles. The summed E-state index contributed by atoms with van der Waals surface area (Å²) in [6.45, 7) is 12.4. The normalized spacial score (nSPS) is 19.5. The third-order valence-corrected chi connectivity index (χ3v) is 6.07. The van der Waals surface area contributed by atoms with Crippen LogP contribution in [0.15, 0.2) is 0 Å². The lowest BCUT2D eigenvalue weighted by Gasteiger charge is -2.30. The van der Waals surface area contributed by atoms with E-state index in [1.165, 1.54) is 11.8 Å². The molecule has 0 bridgehead atoms. The summed E-state index contributed by atoms with van der Waals surface area (Å²) >= 11 is 0. The first kappa shape index (κ1) is 29.3. The van der Waals surface area contributed by atoms with Crippen molar-refractivity contribution in [3.8, 4) is 0 Å². The third kappa shape index (κ3) is 7.68. The summed E-state index contributed by atoms with van der Waals surface area (Å²) in [6.07, 6.45) is 0.950. The Balaban J connectivity index is 2.85. The topological polar surface area (TPSA) is 171 Å². The highest BCUT2D eigenvalue weighted by molar-refractivity contribution is 5.95. The standard InChI is InChI=1S/C23H41N5O6/c1-11(2)16(24)20(30)26-17(12(3)4)21(31)25-14(7)19(29)27-18(13(5)6)22(32)28-10-8-9-15(28)23(33)34/h11-18H,8-10,24H2,1-7H3,(H,25,31)(H,26,30)(H,27,29)(H,33,34)/t14-,15-,16-,17-,18-/m0/s1. The van der Waals surface area contributed by atoms with Gasteiger partial charge in [-0.15, -0.1) is 0 Å². The molecule has 0 spiro atoms. The van der Waals surface area contributed by atoms with Crippen LogP contribution >= 0.6 is 0 Å². The second kappa shape index (κ2) is 12.7. The minimum Gasteiger partial charge on any atom is -0.480 e. The van der Waals surface area contributed by atoms with E-state index >= 15 is 0 Å². The smallest absolute Gasteiger partial charge is 0.326 e. The number of rotatable bonds is 11. The number of hydrogen-bond acceptors (Lipinski definition) is 6. The van der Waals surface area contributed by atoms with E-state index < -0.39 is 59.8 Å². The van der Waals surface area contributed by atoms with Gasteiger partial charge in [-0.3, -0.25) is 19.2 Å². The highest BCUT2D eigenvalue weighted by atomic mass is 16.4. The van der Waals surface area contributed by atoms with E-state index in [4.69, 9.17) is 5.73 Å². The van der Waals surface area contributed by atoms with Gasteiger partial charge in [-0.2, -0.15) is 0 Å². The zero-order valence-electron chi connectivity index (χ0n) is 21.3. The Hall–Kier alpha value is -2.69. The minimum absolute atomic E-state index is 0.109. The lowest BCUT2D eigenvalue weighted by molar-refractivity contribution is -0.150. The van der Waals surface area contributed by atoms with E-state index in [0.717, 1.165) is 0 Å². The minimum atomic E-state index is -1.07.